The van der Waals surface area contributed by atoms with E-state index in [2.05, 4.69) is 4.40 Å². The molecule has 2 aromatic heterocycles. The Hall–Kier alpha value is -1.44. The van der Waals surface area contributed by atoms with Crippen LogP contribution in [0.15, 0.2) is 44.3 Å². The molecule has 0 atom stereocenters. The fraction of sp³-hybridized carbons (Fsp3) is 0.154. The number of fused-ring (bicyclic) bond motifs is 1. The molecule has 7 heteroatoms. The Morgan fingerprint density at radius 1 is 1.20 bits per heavy atom. The summed E-state index contributed by atoms with van der Waals surface area (Å²) in [4.78, 5) is 0.489. The van der Waals surface area contributed by atoms with E-state index in [4.69, 9.17) is 0 Å². The molecule has 0 fully saturated rings. The molecule has 0 saturated carbocycles. The van der Waals surface area contributed by atoms with Gasteiger partial charge in [0.15, 0.2) is 0 Å². The molecule has 0 unspecified atom stereocenters. The first-order valence-corrected chi connectivity index (χ1v) is 9.02. The summed E-state index contributed by atoms with van der Waals surface area (Å²) in [6.45, 7) is 2.01. The van der Waals surface area contributed by atoms with Gasteiger partial charge in [-0.2, -0.15) is 8.42 Å². The number of para-hydroxylation sites is 1. The van der Waals surface area contributed by atoms with Crippen molar-refractivity contribution in [2.24, 2.45) is 11.4 Å². The van der Waals surface area contributed by atoms with Crippen molar-refractivity contribution in [3.63, 3.8) is 0 Å². The van der Waals surface area contributed by atoms with Crippen molar-refractivity contribution in [1.29, 1.82) is 0 Å². The Morgan fingerprint density at radius 2 is 2.00 bits per heavy atom. The van der Waals surface area contributed by atoms with Crippen LogP contribution < -0.4 is 4.80 Å². The lowest BCUT2D eigenvalue weighted by Crippen LogP contribution is -2.13. The van der Waals surface area contributed by atoms with Gasteiger partial charge in [-0.3, -0.25) is 0 Å². The summed E-state index contributed by atoms with van der Waals surface area (Å²) >= 11 is 2.56. The van der Waals surface area contributed by atoms with Crippen LogP contribution in [-0.2, 0) is 17.1 Å². The van der Waals surface area contributed by atoms with Gasteiger partial charge in [0, 0.05) is 7.05 Å². The molecule has 0 amide bonds. The molecule has 4 nitrogen and oxygen atoms in total. The number of thiazole rings is 1. The van der Waals surface area contributed by atoms with E-state index in [0.29, 0.717) is 4.80 Å². The lowest BCUT2D eigenvalue weighted by Gasteiger charge is -1.99. The second-order valence-corrected chi connectivity index (χ2v) is 8.15. The molecule has 20 heavy (non-hydrogen) atoms. The quantitative estimate of drug-likeness (QED) is 0.728. The largest absolute Gasteiger partial charge is 0.319 e. The maximum atomic E-state index is 12.2. The summed E-state index contributed by atoms with van der Waals surface area (Å²) in [6, 6.07) is 9.23. The predicted octanol–water partition coefficient (Wildman–Crippen LogP) is 2.90. The van der Waals surface area contributed by atoms with Crippen LogP contribution in [0.2, 0.25) is 0 Å². The molecule has 104 valence electrons. The maximum Gasteiger partial charge on any atom is 0.294 e. The normalized spacial score (nSPS) is 13.2. The van der Waals surface area contributed by atoms with Gasteiger partial charge in [-0.1, -0.05) is 29.5 Å². The van der Waals surface area contributed by atoms with Crippen molar-refractivity contribution < 1.29 is 8.42 Å². The van der Waals surface area contributed by atoms with Crippen molar-refractivity contribution in [2.45, 2.75) is 11.1 Å². The molecular weight excluding hydrogens is 312 g/mol. The standard InChI is InChI=1S/C13H12N2O2S3/c1-9-5-3-6-10-12(9)15(2)13(19-10)14-20(16,17)11-7-4-8-18-11/h3-8H,1-2H3. The minimum atomic E-state index is -3.62. The van der Waals surface area contributed by atoms with Crippen molar-refractivity contribution in [2.75, 3.05) is 0 Å². The van der Waals surface area contributed by atoms with Crippen LogP contribution in [0.4, 0.5) is 0 Å². The SMILES string of the molecule is Cc1cccc2sc(=NS(=O)(=O)c3cccs3)n(C)c12. The Labute approximate surface area is 124 Å². The zero-order valence-corrected chi connectivity index (χ0v) is 13.3. The zero-order chi connectivity index (χ0) is 14.3. The van der Waals surface area contributed by atoms with Crippen LogP contribution in [0.3, 0.4) is 0 Å². The molecule has 2 heterocycles. The molecule has 0 aliphatic heterocycles. The van der Waals surface area contributed by atoms with Gasteiger partial charge in [0.25, 0.3) is 10.0 Å². The first-order valence-electron chi connectivity index (χ1n) is 5.89. The van der Waals surface area contributed by atoms with Crippen molar-refractivity contribution in [1.82, 2.24) is 4.57 Å². The number of thiophene rings is 1. The number of aromatic nitrogens is 1. The molecule has 0 aliphatic carbocycles. The molecule has 0 N–H and O–H groups in total. The number of aryl methyl sites for hydroxylation is 2. The highest BCUT2D eigenvalue weighted by Crippen LogP contribution is 2.21. The van der Waals surface area contributed by atoms with E-state index in [1.165, 1.54) is 22.7 Å². The van der Waals surface area contributed by atoms with Gasteiger partial charge in [0.1, 0.15) is 4.21 Å². The van der Waals surface area contributed by atoms with Crippen molar-refractivity contribution in [3.05, 3.63) is 46.1 Å². The highest BCUT2D eigenvalue weighted by Gasteiger charge is 2.15. The van der Waals surface area contributed by atoms with Gasteiger partial charge in [-0.15, -0.1) is 15.7 Å². The number of hydrogen-bond acceptors (Lipinski definition) is 4. The van der Waals surface area contributed by atoms with Crippen molar-refractivity contribution in [3.8, 4) is 0 Å². The third kappa shape index (κ3) is 2.21. The number of sulfonamides is 1. The van der Waals surface area contributed by atoms with Gasteiger partial charge in [0.05, 0.1) is 10.2 Å². The van der Waals surface area contributed by atoms with E-state index in [-0.39, 0.29) is 4.21 Å². The second-order valence-electron chi connectivity index (χ2n) is 4.36. The Morgan fingerprint density at radius 3 is 2.65 bits per heavy atom. The van der Waals surface area contributed by atoms with Gasteiger partial charge < -0.3 is 4.57 Å². The van der Waals surface area contributed by atoms with Crippen LogP contribution in [0, 0.1) is 6.92 Å². The summed E-state index contributed by atoms with van der Waals surface area (Å²) in [5, 5.41) is 1.73. The molecule has 0 bridgehead atoms. The Kier molecular flexibility index (Phi) is 3.27. The predicted molar refractivity (Wildman–Crippen MR) is 82.6 cm³/mol. The third-order valence-electron chi connectivity index (χ3n) is 2.97. The summed E-state index contributed by atoms with van der Waals surface area (Å²) < 4.78 is 31.5. The number of nitrogens with zero attached hydrogens (tertiary/aromatic N) is 2. The summed E-state index contributed by atoms with van der Waals surface area (Å²) in [7, 11) is -1.78. The van der Waals surface area contributed by atoms with E-state index in [1.807, 2.05) is 36.7 Å². The zero-order valence-electron chi connectivity index (χ0n) is 10.9. The first kappa shape index (κ1) is 13.5. The fourth-order valence-electron chi connectivity index (χ4n) is 2.04. The molecular formula is C13H12N2O2S3. The van der Waals surface area contributed by atoms with Crippen LogP contribution in [0.1, 0.15) is 5.56 Å². The third-order valence-corrected chi connectivity index (χ3v) is 6.82. The minimum absolute atomic E-state index is 0.270. The molecule has 0 spiro atoms. The van der Waals surface area contributed by atoms with Crippen LogP contribution in [-0.4, -0.2) is 13.0 Å². The number of rotatable bonds is 2. The molecule has 0 radical (unpaired) electrons. The summed E-state index contributed by atoms with van der Waals surface area (Å²) in [6.07, 6.45) is 0. The minimum Gasteiger partial charge on any atom is -0.319 e. The van der Waals surface area contributed by atoms with E-state index < -0.39 is 10.0 Å². The molecule has 0 saturated heterocycles. The average Bonchev–Trinajstić information content (AvgIpc) is 3.00. The second kappa shape index (κ2) is 4.83. The van der Waals surface area contributed by atoms with Gasteiger partial charge in [-0.25, -0.2) is 0 Å². The van der Waals surface area contributed by atoms with E-state index in [9.17, 15) is 8.42 Å². The number of hydrogen-bond donors (Lipinski definition) is 0. The molecule has 0 aliphatic rings. The van der Waals surface area contributed by atoms with E-state index in [0.717, 1.165) is 15.8 Å². The van der Waals surface area contributed by atoms with Crippen LogP contribution >= 0.6 is 22.7 Å². The maximum absolute atomic E-state index is 12.2. The molecule has 1 aromatic carbocycles. The van der Waals surface area contributed by atoms with E-state index >= 15 is 0 Å². The monoisotopic (exact) mass is 324 g/mol. The fourth-order valence-corrected chi connectivity index (χ4v) is 5.34. The van der Waals surface area contributed by atoms with Gasteiger partial charge in [0.2, 0.25) is 4.80 Å². The highest BCUT2D eigenvalue weighted by atomic mass is 32.2. The number of benzene rings is 1. The summed E-state index contributed by atoms with van der Waals surface area (Å²) in [5.74, 6) is 0. The van der Waals surface area contributed by atoms with Crippen LogP contribution in [0.25, 0.3) is 10.2 Å². The molecule has 3 aromatic rings. The smallest absolute Gasteiger partial charge is 0.294 e. The van der Waals surface area contributed by atoms with Gasteiger partial charge in [-0.05, 0) is 30.0 Å². The topological polar surface area (TPSA) is 51.4 Å². The van der Waals surface area contributed by atoms with Gasteiger partial charge >= 0.3 is 0 Å². The van der Waals surface area contributed by atoms with E-state index in [1.54, 1.807) is 17.5 Å². The Balaban J connectivity index is 2.28. The highest BCUT2D eigenvalue weighted by molar-refractivity contribution is 7.92. The Bertz CT molecular complexity index is 932. The lowest BCUT2D eigenvalue weighted by atomic mass is 10.2. The van der Waals surface area contributed by atoms with Crippen LogP contribution in [0.5, 0.6) is 0 Å². The average molecular weight is 324 g/mol. The first-order chi connectivity index (χ1) is 9.49. The summed E-state index contributed by atoms with van der Waals surface area (Å²) in [5.41, 5.74) is 2.13. The lowest BCUT2D eigenvalue weighted by molar-refractivity contribution is 0.598. The van der Waals surface area contributed by atoms with Crippen molar-refractivity contribution >= 4 is 42.9 Å². The molecule has 3 rings (SSSR count).